The molecular weight excluding hydrogens is 234 g/mol. The molecule has 2 rings (SSSR count). The first-order valence-corrected chi connectivity index (χ1v) is 4.72. The number of nitrogens with one attached hydrogen (secondary N) is 1. The van der Waals surface area contributed by atoms with Crippen LogP contribution in [0.1, 0.15) is 11.1 Å². The van der Waals surface area contributed by atoms with Crippen LogP contribution in [0.4, 0.5) is 5.69 Å². The van der Waals surface area contributed by atoms with E-state index in [0.29, 0.717) is 6.42 Å². The van der Waals surface area contributed by atoms with Crippen LogP contribution < -0.4 is 5.32 Å². The van der Waals surface area contributed by atoms with Crippen molar-refractivity contribution in [3.05, 3.63) is 27.7 Å². The van der Waals surface area contributed by atoms with Crippen molar-refractivity contribution < 1.29 is 9.90 Å². The van der Waals surface area contributed by atoms with Crippen LogP contribution >= 0.6 is 15.9 Å². The number of halogens is 1. The first kappa shape index (κ1) is 8.72. The molecule has 13 heavy (non-hydrogen) atoms. The van der Waals surface area contributed by atoms with Crippen LogP contribution in [0.25, 0.3) is 0 Å². The zero-order chi connectivity index (χ0) is 9.42. The summed E-state index contributed by atoms with van der Waals surface area (Å²) in [5.41, 5.74) is 2.61. The van der Waals surface area contributed by atoms with Crippen molar-refractivity contribution in [2.75, 3.05) is 5.32 Å². The number of fused-ring (bicyclic) bond motifs is 1. The maximum absolute atomic E-state index is 11.0. The van der Waals surface area contributed by atoms with E-state index in [1.54, 1.807) is 0 Å². The molecule has 0 saturated heterocycles. The SMILES string of the molecule is O=C1Cc2cc(CO)c(Br)cc2N1. The summed E-state index contributed by atoms with van der Waals surface area (Å²) in [6, 6.07) is 3.67. The summed E-state index contributed by atoms with van der Waals surface area (Å²) in [7, 11) is 0. The van der Waals surface area contributed by atoms with Crippen molar-refractivity contribution in [1.82, 2.24) is 0 Å². The molecule has 0 radical (unpaired) electrons. The Morgan fingerprint density at radius 1 is 1.54 bits per heavy atom. The zero-order valence-corrected chi connectivity index (χ0v) is 8.39. The molecule has 0 aliphatic carbocycles. The highest BCUT2D eigenvalue weighted by Gasteiger charge is 2.18. The van der Waals surface area contributed by atoms with E-state index < -0.39 is 0 Å². The van der Waals surface area contributed by atoms with Gasteiger partial charge in [-0.05, 0) is 23.3 Å². The topological polar surface area (TPSA) is 49.3 Å². The number of hydrogen-bond donors (Lipinski definition) is 2. The predicted octanol–water partition coefficient (Wildman–Crippen LogP) is 1.44. The summed E-state index contributed by atoms with van der Waals surface area (Å²) in [6.45, 7) is -0.0119. The third-order valence-corrected chi connectivity index (χ3v) is 2.81. The van der Waals surface area contributed by atoms with Gasteiger partial charge < -0.3 is 10.4 Å². The molecule has 0 spiro atoms. The third-order valence-electron chi connectivity index (χ3n) is 2.07. The Morgan fingerprint density at radius 2 is 2.31 bits per heavy atom. The zero-order valence-electron chi connectivity index (χ0n) is 6.80. The number of benzene rings is 1. The second-order valence-electron chi connectivity index (χ2n) is 2.98. The van der Waals surface area contributed by atoms with Gasteiger partial charge in [-0.3, -0.25) is 4.79 Å². The summed E-state index contributed by atoms with van der Waals surface area (Å²) in [4.78, 5) is 11.0. The largest absolute Gasteiger partial charge is 0.392 e. The van der Waals surface area contributed by atoms with Crippen LogP contribution in [0.3, 0.4) is 0 Å². The maximum atomic E-state index is 11.0. The number of amides is 1. The lowest BCUT2D eigenvalue weighted by atomic mass is 10.1. The fraction of sp³-hybridized carbons (Fsp3) is 0.222. The van der Waals surface area contributed by atoms with Crippen molar-refractivity contribution in [2.24, 2.45) is 0 Å². The van der Waals surface area contributed by atoms with E-state index in [4.69, 9.17) is 5.11 Å². The van der Waals surface area contributed by atoms with Gasteiger partial charge in [0, 0.05) is 10.2 Å². The predicted molar refractivity (Wildman–Crippen MR) is 52.4 cm³/mol. The van der Waals surface area contributed by atoms with Crippen LogP contribution in [0.2, 0.25) is 0 Å². The van der Waals surface area contributed by atoms with Gasteiger partial charge in [0.1, 0.15) is 0 Å². The Bertz CT molecular complexity index is 376. The summed E-state index contributed by atoms with van der Waals surface area (Å²) < 4.78 is 0.830. The molecule has 3 nitrogen and oxygen atoms in total. The Labute approximate surface area is 83.9 Å². The minimum atomic E-state index is -0.0119. The molecule has 4 heteroatoms. The summed E-state index contributed by atoms with van der Waals surface area (Å²) in [5.74, 6) is 0.0111. The van der Waals surface area contributed by atoms with Crippen LogP contribution in [-0.2, 0) is 17.8 Å². The van der Waals surface area contributed by atoms with E-state index in [9.17, 15) is 4.79 Å². The molecule has 1 aliphatic heterocycles. The molecule has 68 valence electrons. The fourth-order valence-corrected chi connectivity index (χ4v) is 1.89. The van der Waals surface area contributed by atoms with Gasteiger partial charge in [-0.1, -0.05) is 15.9 Å². The van der Waals surface area contributed by atoms with E-state index in [-0.39, 0.29) is 12.5 Å². The number of carbonyl (C=O) groups excluding carboxylic acids is 1. The lowest BCUT2D eigenvalue weighted by Gasteiger charge is -2.04. The highest BCUT2D eigenvalue weighted by atomic mass is 79.9. The Hall–Kier alpha value is -0.870. The number of anilines is 1. The molecule has 0 unspecified atom stereocenters. The molecule has 0 aromatic heterocycles. The van der Waals surface area contributed by atoms with Crippen molar-refractivity contribution in [1.29, 1.82) is 0 Å². The number of rotatable bonds is 1. The molecule has 2 N–H and O–H groups in total. The second-order valence-corrected chi connectivity index (χ2v) is 3.84. The minimum absolute atomic E-state index is 0.0111. The summed E-state index contributed by atoms with van der Waals surface area (Å²) >= 11 is 3.32. The number of carbonyl (C=O) groups is 1. The molecule has 0 saturated carbocycles. The first-order valence-electron chi connectivity index (χ1n) is 3.92. The number of aliphatic hydroxyl groups excluding tert-OH is 1. The molecule has 1 aromatic rings. The molecule has 1 aromatic carbocycles. The van der Waals surface area contributed by atoms with Gasteiger partial charge in [-0.25, -0.2) is 0 Å². The quantitative estimate of drug-likeness (QED) is 0.782. The molecule has 0 fully saturated rings. The smallest absolute Gasteiger partial charge is 0.228 e. The molecule has 0 bridgehead atoms. The van der Waals surface area contributed by atoms with Crippen molar-refractivity contribution >= 4 is 27.5 Å². The lowest BCUT2D eigenvalue weighted by Crippen LogP contribution is -2.03. The van der Waals surface area contributed by atoms with Gasteiger partial charge in [0.2, 0.25) is 5.91 Å². The van der Waals surface area contributed by atoms with Crippen LogP contribution in [0, 0.1) is 0 Å². The van der Waals surface area contributed by atoms with E-state index in [0.717, 1.165) is 21.3 Å². The molecule has 1 heterocycles. The minimum Gasteiger partial charge on any atom is -0.392 e. The first-order chi connectivity index (χ1) is 6.20. The van der Waals surface area contributed by atoms with Gasteiger partial charge in [-0.15, -0.1) is 0 Å². The number of hydrogen-bond acceptors (Lipinski definition) is 2. The van der Waals surface area contributed by atoms with Crippen LogP contribution in [-0.4, -0.2) is 11.0 Å². The average molecular weight is 242 g/mol. The van der Waals surface area contributed by atoms with E-state index >= 15 is 0 Å². The van der Waals surface area contributed by atoms with E-state index in [2.05, 4.69) is 21.2 Å². The Morgan fingerprint density at radius 3 is 3.00 bits per heavy atom. The number of aliphatic hydroxyl groups is 1. The third kappa shape index (κ3) is 1.47. The monoisotopic (exact) mass is 241 g/mol. The highest BCUT2D eigenvalue weighted by Crippen LogP contribution is 2.29. The van der Waals surface area contributed by atoms with Crippen molar-refractivity contribution in [3.8, 4) is 0 Å². The van der Waals surface area contributed by atoms with Crippen molar-refractivity contribution in [3.63, 3.8) is 0 Å². The van der Waals surface area contributed by atoms with Gasteiger partial charge in [-0.2, -0.15) is 0 Å². The standard InChI is InChI=1S/C9H8BrNO2/c10-7-3-8-5(1-6(7)4-12)2-9(13)11-8/h1,3,12H,2,4H2,(H,11,13). The van der Waals surface area contributed by atoms with Crippen LogP contribution in [0.15, 0.2) is 16.6 Å². The Balaban J connectivity index is 2.50. The summed E-state index contributed by atoms with van der Waals surface area (Å²) in [5, 5.41) is 11.7. The fourth-order valence-electron chi connectivity index (χ4n) is 1.42. The summed E-state index contributed by atoms with van der Waals surface area (Å²) in [6.07, 6.45) is 0.412. The van der Waals surface area contributed by atoms with E-state index in [1.807, 2.05) is 12.1 Å². The van der Waals surface area contributed by atoms with E-state index in [1.165, 1.54) is 0 Å². The van der Waals surface area contributed by atoms with Gasteiger partial charge in [0.15, 0.2) is 0 Å². The maximum Gasteiger partial charge on any atom is 0.228 e. The molecule has 1 aliphatic rings. The van der Waals surface area contributed by atoms with Gasteiger partial charge in [0.05, 0.1) is 13.0 Å². The molecule has 0 atom stereocenters. The second kappa shape index (κ2) is 3.12. The van der Waals surface area contributed by atoms with Gasteiger partial charge >= 0.3 is 0 Å². The van der Waals surface area contributed by atoms with Gasteiger partial charge in [0.25, 0.3) is 0 Å². The lowest BCUT2D eigenvalue weighted by molar-refractivity contribution is -0.115. The van der Waals surface area contributed by atoms with Crippen LogP contribution in [0.5, 0.6) is 0 Å². The normalized spacial score (nSPS) is 14.2. The highest BCUT2D eigenvalue weighted by molar-refractivity contribution is 9.10. The molecule has 1 amide bonds. The Kier molecular flexibility index (Phi) is 2.09. The molecular formula is C9H8BrNO2. The van der Waals surface area contributed by atoms with Crippen molar-refractivity contribution in [2.45, 2.75) is 13.0 Å². The average Bonchev–Trinajstić information content (AvgIpc) is 2.42.